The second-order valence-corrected chi connectivity index (χ2v) is 8.15. The summed E-state index contributed by atoms with van der Waals surface area (Å²) in [4.78, 5) is 37.0. The van der Waals surface area contributed by atoms with E-state index in [9.17, 15) is 24.1 Å². The van der Waals surface area contributed by atoms with Crippen LogP contribution < -0.4 is 16.3 Å². The Morgan fingerprint density at radius 2 is 2.14 bits per heavy atom. The predicted octanol–water partition coefficient (Wildman–Crippen LogP) is -0.141. The van der Waals surface area contributed by atoms with Crippen LogP contribution in [-0.4, -0.2) is 57.3 Å². The monoisotopic (exact) mass is 437 g/mol. The number of carbonyl (C=O) groups is 1. The molecule has 2 heterocycles. The molecule has 13 heteroatoms. The highest BCUT2D eigenvalue weighted by atomic mass is 31.1. The molecule has 1 saturated heterocycles. The Balaban J connectivity index is 2.17. The van der Waals surface area contributed by atoms with Gasteiger partial charge in [-0.15, -0.1) is 0 Å². The molecule has 1 aliphatic heterocycles. The number of nitrogens with one attached hydrogen (secondary N) is 2. The third-order valence-electron chi connectivity index (χ3n) is 4.24. The maximum absolute atomic E-state index is 15.5. The number of alkyl halides is 1. The molecule has 0 aromatic carbocycles. The van der Waals surface area contributed by atoms with Gasteiger partial charge in [-0.3, -0.25) is 23.7 Å². The highest BCUT2D eigenvalue weighted by molar-refractivity contribution is 7.36. The molecule has 0 aliphatic carbocycles. The van der Waals surface area contributed by atoms with Crippen LogP contribution in [0.5, 0.6) is 0 Å². The zero-order valence-electron chi connectivity index (χ0n) is 16.4. The van der Waals surface area contributed by atoms with Crippen molar-refractivity contribution in [3.8, 4) is 0 Å². The summed E-state index contributed by atoms with van der Waals surface area (Å²) in [5.41, 5.74) is -3.99. The van der Waals surface area contributed by atoms with Crippen molar-refractivity contribution < 1.29 is 32.9 Å². The first kappa shape index (κ1) is 23.4. The standard InChI is InChI=1S/C16H25FN3O8P/c1-8(2)26-13(23)9(3)19-29(25)28-12-10(7-21)27-14(16(12,4)17)20-6-5-11(22)18-15(20)24/h5-6,8-10,12,14,21,29H,7H2,1-4H3,(H,19,25)(H,18,22,24)/t9-,10+,12+,14+,16+/m0/s1. The predicted molar refractivity (Wildman–Crippen MR) is 99.5 cm³/mol. The Labute approximate surface area is 166 Å². The van der Waals surface area contributed by atoms with Gasteiger partial charge >= 0.3 is 11.7 Å². The van der Waals surface area contributed by atoms with Gasteiger partial charge in [-0.05, 0) is 27.7 Å². The van der Waals surface area contributed by atoms with Crippen molar-refractivity contribution in [1.82, 2.24) is 14.6 Å². The molecule has 1 aromatic heterocycles. The number of esters is 1. The molecular formula is C16H25FN3O8P. The average molecular weight is 437 g/mol. The summed E-state index contributed by atoms with van der Waals surface area (Å²) >= 11 is 0. The van der Waals surface area contributed by atoms with E-state index in [1.807, 2.05) is 4.98 Å². The number of H-pyrrole nitrogens is 1. The van der Waals surface area contributed by atoms with E-state index in [-0.39, 0.29) is 6.10 Å². The van der Waals surface area contributed by atoms with Crippen molar-refractivity contribution in [2.45, 2.75) is 63.9 Å². The van der Waals surface area contributed by atoms with Crippen LogP contribution in [0.4, 0.5) is 4.39 Å². The fraction of sp³-hybridized carbons (Fsp3) is 0.688. The summed E-state index contributed by atoms with van der Waals surface area (Å²) < 4.78 is 44.3. The lowest BCUT2D eigenvalue weighted by atomic mass is 9.98. The van der Waals surface area contributed by atoms with Crippen LogP contribution in [0.2, 0.25) is 0 Å². The third kappa shape index (κ3) is 5.40. The minimum atomic E-state index is -3.16. The van der Waals surface area contributed by atoms with Gasteiger partial charge in [-0.25, -0.2) is 14.3 Å². The van der Waals surface area contributed by atoms with Crippen molar-refractivity contribution in [3.63, 3.8) is 0 Å². The summed E-state index contributed by atoms with van der Waals surface area (Å²) in [6.07, 6.45) is -3.65. The zero-order chi connectivity index (χ0) is 21.9. The Bertz CT molecular complexity index is 870. The summed E-state index contributed by atoms with van der Waals surface area (Å²) in [5.74, 6) is -0.663. The zero-order valence-corrected chi connectivity index (χ0v) is 17.4. The van der Waals surface area contributed by atoms with Crippen molar-refractivity contribution in [1.29, 1.82) is 0 Å². The number of hydrogen-bond donors (Lipinski definition) is 3. The summed E-state index contributed by atoms with van der Waals surface area (Å²) in [6, 6.07) is 0.0252. The maximum Gasteiger partial charge on any atom is 0.330 e. The molecule has 11 nitrogen and oxygen atoms in total. The molecule has 0 saturated carbocycles. The largest absolute Gasteiger partial charge is 0.462 e. The molecule has 1 unspecified atom stereocenters. The van der Waals surface area contributed by atoms with E-state index >= 15 is 4.39 Å². The van der Waals surface area contributed by atoms with E-state index in [1.165, 1.54) is 6.92 Å². The molecule has 0 amide bonds. The van der Waals surface area contributed by atoms with Gasteiger partial charge in [-0.1, -0.05) is 0 Å². The number of hydrogen-bond acceptors (Lipinski definition) is 8. The number of nitrogens with zero attached hydrogens (tertiary/aromatic N) is 1. The van der Waals surface area contributed by atoms with Crippen molar-refractivity contribution in [2.75, 3.05) is 6.61 Å². The molecule has 2 rings (SSSR count). The van der Waals surface area contributed by atoms with Crippen LogP contribution in [0.15, 0.2) is 21.9 Å². The smallest absolute Gasteiger partial charge is 0.330 e. The van der Waals surface area contributed by atoms with Crippen molar-refractivity contribution >= 4 is 14.1 Å². The molecule has 0 radical (unpaired) electrons. The highest BCUT2D eigenvalue weighted by Crippen LogP contribution is 2.45. The lowest BCUT2D eigenvalue weighted by molar-refractivity contribution is -0.149. The lowest BCUT2D eigenvalue weighted by Gasteiger charge is -2.28. The number of aromatic amines is 1. The van der Waals surface area contributed by atoms with Crippen molar-refractivity contribution in [3.05, 3.63) is 33.1 Å². The van der Waals surface area contributed by atoms with E-state index in [1.54, 1.807) is 13.8 Å². The van der Waals surface area contributed by atoms with Gasteiger partial charge in [0.25, 0.3) is 13.7 Å². The van der Waals surface area contributed by atoms with Crippen LogP contribution in [0.1, 0.15) is 33.9 Å². The topological polar surface area (TPSA) is 149 Å². The van der Waals surface area contributed by atoms with Crippen LogP contribution in [0.25, 0.3) is 0 Å². The minimum absolute atomic E-state index is 0.373. The fourth-order valence-electron chi connectivity index (χ4n) is 2.87. The van der Waals surface area contributed by atoms with Gasteiger partial charge in [0.1, 0.15) is 18.2 Å². The Hall–Kier alpha value is -1.85. The van der Waals surface area contributed by atoms with Crippen LogP contribution >= 0.6 is 8.18 Å². The van der Waals surface area contributed by atoms with Crippen LogP contribution in [0, 0.1) is 0 Å². The van der Waals surface area contributed by atoms with E-state index in [0.717, 1.165) is 23.8 Å². The number of aliphatic hydroxyl groups is 1. The molecule has 1 aromatic rings. The number of aliphatic hydroxyl groups excluding tert-OH is 1. The Morgan fingerprint density at radius 1 is 1.48 bits per heavy atom. The number of carbonyl (C=O) groups excluding carboxylic acids is 1. The fourth-order valence-corrected chi connectivity index (χ4v) is 4.03. The number of rotatable bonds is 8. The quantitative estimate of drug-likeness (QED) is 0.373. The molecule has 0 bridgehead atoms. The number of aromatic nitrogens is 2. The van der Waals surface area contributed by atoms with E-state index < -0.39 is 62.2 Å². The second-order valence-electron chi connectivity index (χ2n) is 7.06. The first-order chi connectivity index (χ1) is 13.5. The molecule has 164 valence electrons. The summed E-state index contributed by atoms with van der Waals surface area (Å²) in [5, 5.41) is 11.9. The molecule has 1 aliphatic rings. The number of ether oxygens (including phenoxy) is 2. The summed E-state index contributed by atoms with van der Waals surface area (Å²) in [6.45, 7) is 5.08. The van der Waals surface area contributed by atoms with Gasteiger partial charge in [0.05, 0.1) is 12.7 Å². The first-order valence-corrected chi connectivity index (χ1v) is 10.2. The maximum atomic E-state index is 15.5. The van der Waals surface area contributed by atoms with Crippen LogP contribution in [-0.2, 0) is 23.4 Å². The summed E-state index contributed by atoms with van der Waals surface area (Å²) in [7, 11) is -3.16. The first-order valence-electron chi connectivity index (χ1n) is 8.91. The lowest BCUT2D eigenvalue weighted by Crippen LogP contribution is -2.45. The van der Waals surface area contributed by atoms with Crippen molar-refractivity contribution in [2.24, 2.45) is 0 Å². The third-order valence-corrected chi connectivity index (χ3v) is 5.37. The molecular weight excluding hydrogens is 412 g/mol. The van der Waals surface area contributed by atoms with Gasteiger partial charge < -0.3 is 19.1 Å². The molecule has 3 N–H and O–H groups in total. The van der Waals surface area contributed by atoms with Crippen LogP contribution in [0.3, 0.4) is 0 Å². The molecule has 6 atom stereocenters. The normalized spacial score (nSPS) is 29.0. The van der Waals surface area contributed by atoms with Gasteiger partial charge in [0, 0.05) is 12.3 Å². The minimum Gasteiger partial charge on any atom is -0.462 e. The average Bonchev–Trinajstić information content (AvgIpc) is 2.85. The van der Waals surface area contributed by atoms with Gasteiger partial charge in [-0.2, -0.15) is 0 Å². The molecule has 29 heavy (non-hydrogen) atoms. The highest BCUT2D eigenvalue weighted by Gasteiger charge is 2.57. The van der Waals surface area contributed by atoms with E-state index in [4.69, 9.17) is 14.0 Å². The van der Waals surface area contributed by atoms with E-state index in [0.29, 0.717) is 0 Å². The number of halogens is 1. The van der Waals surface area contributed by atoms with E-state index in [2.05, 4.69) is 5.09 Å². The second kappa shape index (κ2) is 9.31. The SMILES string of the molecule is CC(C)OC(=O)[C@H](C)N[PH](=O)O[C@@H]1[C@@H](CO)O[C@@H](n2ccc(=O)[nH]c2=O)[C@]1(C)F. The molecule has 0 spiro atoms. The Morgan fingerprint density at radius 3 is 2.69 bits per heavy atom. The van der Waals surface area contributed by atoms with Gasteiger partial charge in [0.15, 0.2) is 11.9 Å². The Kier molecular flexibility index (Phi) is 7.52. The van der Waals surface area contributed by atoms with Gasteiger partial charge in [0.2, 0.25) is 0 Å². The molecule has 1 fully saturated rings.